The molecule has 0 aliphatic carbocycles. The van der Waals surface area contributed by atoms with Crippen molar-refractivity contribution in [3.05, 3.63) is 41.1 Å². The minimum atomic E-state index is -1.23. The number of carboxylic acid groups (broad SMARTS) is 1. The van der Waals surface area contributed by atoms with Gasteiger partial charge in [0.15, 0.2) is 0 Å². The lowest BCUT2D eigenvalue weighted by Gasteiger charge is -2.15. The van der Waals surface area contributed by atoms with Crippen molar-refractivity contribution in [2.24, 2.45) is 5.73 Å². The van der Waals surface area contributed by atoms with Gasteiger partial charge in [-0.05, 0) is 30.5 Å². The number of nitrogens with one attached hydrogen (secondary N) is 1. The Labute approximate surface area is 150 Å². The van der Waals surface area contributed by atoms with E-state index in [1.807, 2.05) is 6.07 Å². The number of aliphatic carboxylic acids is 1. The molecule has 1 aromatic heterocycles. The number of nitrogens with zero attached hydrogens (tertiary/aromatic N) is 1. The number of hydrogen-bond donors (Lipinski definition) is 4. The molecule has 1 heterocycles. The second kappa shape index (κ2) is 8.39. The van der Waals surface area contributed by atoms with Gasteiger partial charge in [-0.2, -0.15) is 0 Å². The van der Waals surface area contributed by atoms with Crippen LogP contribution in [0.3, 0.4) is 0 Å². The molecule has 2 amide bonds. The Morgan fingerprint density at radius 3 is 2.62 bits per heavy atom. The Balaban J connectivity index is 2.22. The van der Waals surface area contributed by atoms with Crippen LogP contribution in [0.15, 0.2) is 24.3 Å². The van der Waals surface area contributed by atoms with E-state index in [1.165, 1.54) is 0 Å². The number of aliphatic hydroxyl groups is 1. The monoisotopic (exact) mass is 359 g/mol. The van der Waals surface area contributed by atoms with Crippen molar-refractivity contribution in [3.8, 4) is 0 Å². The van der Waals surface area contributed by atoms with Crippen LogP contribution in [0, 0.1) is 6.92 Å². The maximum absolute atomic E-state index is 12.3. The van der Waals surface area contributed by atoms with E-state index >= 15 is 0 Å². The Kier molecular flexibility index (Phi) is 6.24. The number of benzene rings is 1. The summed E-state index contributed by atoms with van der Waals surface area (Å²) in [4.78, 5) is 38.8. The molecule has 26 heavy (non-hydrogen) atoms. The van der Waals surface area contributed by atoms with Gasteiger partial charge in [0.2, 0.25) is 11.8 Å². The van der Waals surface area contributed by atoms with Crippen molar-refractivity contribution >= 4 is 28.7 Å². The summed E-state index contributed by atoms with van der Waals surface area (Å²) < 4.78 is 0. The maximum atomic E-state index is 12.3. The average Bonchev–Trinajstić information content (AvgIpc) is 2.58. The van der Waals surface area contributed by atoms with E-state index in [-0.39, 0.29) is 25.9 Å². The van der Waals surface area contributed by atoms with Gasteiger partial charge in [-0.25, -0.2) is 4.79 Å². The molecule has 138 valence electrons. The molecule has 0 aliphatic rings. The van der Waals surface area contributed by atoms with E-state index in [4.69, 9.17) is 5.73 Å². The van der Waals surface area contributed by atoms with Gasteiger partial charge in [0, 0.05) is 17.5 Å². The largest absolute Gasteiger partial charge is 0.480 e. The van der Waals surface area contributed by atoms with Gasteiger partial charge in [-0.1, -0.05) is 18.2 Å². The van der Waals surface area contributed by atoms with Crippen LogP contribution in [0.25, 0.3) is 10.9 Å². The number of pyridine rings is 1. The Hall–Kier alpha value is -3.00. The second-order valence-electron chi connectivity index (χ2n) is 6.03. The van der Waals surface area contributed by atoms with Crippen molar-refractivity contribution in [2.45, 2.75) is 38.8 Å². The number of aromatic nitrogens is 1. The molecular weight excluding hydrogens is 338 g/mol. The highest BCUT2D eigenvalue weighted by atomic mass is 16.4. The first-order valence-electron chi connectivity index (χ1n) is 8.11. The molecule has 0 fully saturated rings. The summed E-state index contributed by atoms with van der Waals surface area (Å²) >= 11 is 0. The smallest absolute Gasteiger partial charge is 0.326 e. The van der Waals surface area contributed by atoms with Crippen LogP contribution in [0.1, 0.15) is 29.7 Å². The lowest BCUT2D eigenvalue weighted by atomic mass is 10.0. The van der Waals surface area contributed by atoms with Gasteiger partial charge in [0.05, 0.1) is 18.5 Å². The van der Waals surface area contributed by atoms with E-state index in [1.54, 1.807) is 25.1 Å². The molecule has 1 aromatic carbocycles. The third-order valence-electron chi connectivity index (χ3n) is 3.97. The molecule has 0 saturated carbocycles. The SMILES string of the molecule is Cc1cc(CO)c2cccc(CC(=O)N[C@@H](CCC(N)=O)C(=O)O)c2n1. The molecule has 8 heteroatoms. The predicted octanol–water partition coefficient (Wildman–Crippen LogP) is 0.413. The summed E-state index contributed by atoms with van der Waals surface area (Å²) in [5, 5.41) is 21.8. The number of aryl methyl sites for hydroxylation is 1. The standard InChI is InChI=1S/C18H21N3O5/c1-10-7-12(9-22)13-4-2-3-11(17(13)20-10)8-16(24)21-14(18(25)26)5-6-15(19)23/h2-4,7,14,22H,5-6,8-9H2,1H3,(H2,19,23)(H,21,24)(H,25,26)/t14-/m0/s1. The van der Waals surface area contributed by atoms with Crippen molar-refractivity contribution in [3.63, 3.8) is 0 Å². The number of fused-ring (bicyclic) bond motifs is 1. The van der Waals surface area contributed by atoms with Crippen LogP contribution >= 0.6 is 0 Å². The number of amides is 2. The number of nitrogens with two attached hydrogens (primary N) is 1. The molecule has 2 rings (SSSR count). The van der Waals surface area contributed by atoms with Crippen LogP contribution < -0.4 is 11.1 Å². The summed E-state index contributed by atoms with van der Waals surface area (Å²) in [7, 11) is 0. The first-order valence-corrected chi connectivity index (χ1v) is 8.11. The molecule has 1 atom stereocenters. The topological polar surface area (TPSA) is 143 Å². The molecule has 2 aromatic rings. The number of carbonyl (C=O) groups excluding carboxylic acids is 2. The molecule has 0 saturated heterocycles. The fourth-order valence-corrected chi connectivity index (χ4v) is 2.76. The molecule has 0 unspecified atom stereocenters. The van der Waals surface area contributed by atoms with Crippen molar-refractivity contribution in [1.82, 2.24) is 10.3 Å². The van der Waals surface area contributed by atoms with E-state index < -0.39 is 23.8 Å². The van der Waals surface area contributed by atoms with Crippen LogP contribution in [0.2, 0.25) is 0 Å². The number of aliphatic hydroxyl groups excluding tert-OH is 1. The molecule has 5 N–H and O–H groups in total. The zero-order valence-electron chi connectivity index (χ0n) is 14.4. The van der Waals surface area contributed by atoms with E-state index in [2.05, 4.69) is 10.3 Å². The summed E-state index contributed by atoms with van der Waals surface area (Å²) in [5.74, 6) is -2.35. The van der Waals surface area contributed by atoms with E-state index in [0.717, 1.165) is 5.39 Å². The minimum absolute atomic E-state index is 0.0704. The molecule has 0 spiro atoms. The number of para-hydroxylation sites is 1. The third kappa shape index (κ3) is 4.76. The zero-order chi connectivity index (χ0) is 19.3. The van der Waals surface area contributed by atoms with Gasteiger partial charge in [-0.15, -0.1) is 0 Å². The quantitative estimate of drug-likeness (QED) is 0.538. The number of carboxylic acids is 1. The van der Waals surface area contributed by atoms with Crippen molar-refractivity contribution in [1.29, 1.82) is 0 Å². The average molecular weight is 359 g/mol. The highest BCUT2D eigenvalue weighted by Crippen LogP contribution is 2.22. The maximum Gasteiger partial charge on any atom is 0.326 e. The van der Waals surface area contributed by atoms with Gasteiger partial charge in [0.1, 0.15) is 6.04 Å². The minimum Gasteiger partial charge on any atom is -0.480 e. The zero-order valence-corrected chi connectivity index (χ0v) is 14.4. The molecule has 0 bridgehead atoms. The van der Waals surface area contributed by atoms with Gasteiger partial charge in [0.25, 0.3) is 0 Å². The summed E-state index contributed by atoms with van der Waals surface area (Å²) in [6.45, 7) is 1.64. The Morgan fingerprint density at radius 1 is 1.27 bits per heavy atom. The van der Waals surface area contributed by atoms with Crippen LogP contribution in [0.4, 0.5) is 0 Å². The number of primary amides is 1. The number of carbonyl (C=O) groups is 3. The van der Waals surface area contributed by atoms with E-state index in [9.17, 15) is 24.6 Å². The van der Waals surface area contributed by atoms with Crippen molar-refractivity contribution < 1.29 is 24.6 Å². The third-order valence-corrected chi connectivity index (χ3v) is 3.97. The van der Waals surface area contributed by atoms with Crippen LogP contribution in [-0.2, 0) is 27.4 Å². The van der Waals surface area contributed by atoms with E-state index in [0.29, 0.717) is 22.3 Å². The summed E-state index contributed by atoms with van der Waals surface area (Å²) in [6.07, 6.45) is -0.275. The van der Waals surface area contributed by atoms with Gasteiger partial charge >= 0.3 is 5.97 Å². The van der Waals surface area contributed by atoms with Gasteiger partial charge < -0.3 is 21.3 Å². The summed E-state index contributed by atoms with van der Waals surface area (Å²) in [5.41, 5.74) is 7.66. The fourth-order valence-electron chi connectivity index (χ4n) is 2.76. The Bertz CT molecular complexity index is 850. The molecule has 0 radical (unpaired) electrons. The molecule has 0 aliphatic heterocycles. The normalized spacial score (nSPS) is 11.9. The highest BCUT2D eigenvalue weighted by molar-refractivity contribution is 5.91. The van der Waals surface area contributed by atoms with Crippen molar-refractivity contribution in [2.75, 3.05) is 0 Å². The van der Waals surface area contributed by atoms with Crippen LogP contribution in [-0.4, -0.2) is 39.0 Å². The Morgan fingerprint density at radius 2 is 2.00 bits per heavy atom. The predicted molar refractivity (Wildman–Crippen MR) is 94.1 cm³/mol. The lowest BCUT2D eigenvalue weighted by Crippen LogP contribution is -2.42. The highest BCUT2D eigenvalue weighted by Gasteiger charge is 2.21. The number of hydrogen-bond acceptors (Lipinski definition) is 5. The summed E-state index contributed by atoms with van der Waals surface area (Å²) in [6, 6.07) is 5.88. The lowest BCUT2D eigenvalue weighted by molar-refractivity contribution is -0.142. The fraction of sp³-hybridized carbons (Fsp3) is 0.333. The van der Waals surface area contributed by atoms with Gasteiger partial charge in [-0.3, -0.25) is 14.6 Å². The second-order valence-corrected chi connectivity index (χ2v) is 6.03. The first-order chi connectivity index (χ1) is 12.3. The molecule has 8 nitrogen and oxygen atoms in total. The number of rotatable bonds is 8. The van der Waals surface area contributed by atoms with Crippen LogP contribution in [0.5, 0.6) is 0 Å². The molecular formula is C18H21N3O5. The first kappa shape index (κ1) is 19.3.